The largest absolute Gasteiger partial charge is 0.469 e. The summed E-state index contributed by atoms with van der Waals surface area (Å²) < 4.78 is 15.4. The predicted octanol–water partition coefficient (Wildman–Crippen LogP) is 3.27. The summed E-state index contributed by atoms with van der Waals surface area (Å²) in [6, 6.07) is 12.3. The van der Waals surface area contributed by atoms with E-state index in [1.807, 2.05) is 12.1 Å². The summed E-state index contributed by atoms with van der Waals surface area (Å²) >= 11 is 6.16. The highest BCUT2D eigenvalue weighted by Gasteiger charge is 2.21. The lowest BCUT2D eigenvalue weighted by molar-refractivity contribution is -0.140. The molecule has 1 heterocycles. The molecule has 2 aromatic carbocycles. The van der Waals surface area contributed by atoms with E-state index in [2.05, 4.69) is 4.74 Å². The van der Waals surface area contributed by atoms with Crippen molar-refractivity contribution in [3.05, 3.63) is 58.6 Å². The molecule has 0 fully saturated rings. The monoisotopic (exact) mass is 375 g/mol. The summed E-state index contributed by atoms with van der Waals surface area (Å²) in [5, 5.41) is 0.367. The van der Waals surface area contributed by atoms with Gasteiger partial charge in [-0.3, -0.25) is 9.59 Å². The highest BCUT2D eigenvalue weighted by Crippen LogP contribution is 2.33. The van der Waals surface area contributed by atoms with Crippen LogP contribution < -0.4 is 9.47 Å². The van der Waals surface area contributed by atoms with E-state index >= 15 is 0 Å². The summed E-state index contributed by atoms with van der Waals surface area (Å²) in [5.74, 6) is 0.678. The summed E-state index contributed by atoms with van der Waals surface area (Å²) in [4.78, 5) is 26.0. The number of methoxy groups -OCH3 is 1. The van der Waals surface area contributed by atoms with Gasteiger partial charge in [-0.15, -0.1) is 0 Å². The molecule has 0 radical (unpaired) electrons. The maximum atomic E-state index is 12.9. The number of fused-ring (bicyclic) bond motifs is 1. The van der Waals surface area contributed by atoms with E-state index in [-0.39, 0.29) is 31.6 Å². The van der Waals surface area contributed by atoms with Crippen molar-refractivity contribution >= 4 is 23.5 Å². The van der Waals surface area contributed by atoms with Gasteiger partial charge < -0.3 is 19.1 Å². The normalized spacial score (nSPS) is 11.9. The second-order valence-electron chi connectivity index (χ2n) is 5.72. The molecular formula is C19H18ClNO5. The van der Waals surface area contributed by atoms with Crippen molar-refractivity contribution in [3.63, 3.8) is 0 Å². The molecule has 0 aromatic heterocycles. The first-order valence-corrected chi connectivity index (χ1v) is 8.45. The van der Waals surface area contributed by atoms with Crippen molar-refractivity contribution in [2.45, 2.75) is 13.0 Å². The number of nitrogens with zero attached hydrogens (tertiary/aromatic N) is 1. The minimum absolute atomic E-state index is 0.0945. The van der Waals surface area contributed by atoms with Gasteiger partial charge in [-0.05, 0) is 29.8 Å². The molecule has 0 atom stereocenters. The van der Waals surface area contributed by atoms with Gasteiger partial charge in [-0.2, -0.15) is 0 Å². The van der Waals surface area contributed by atoms with Gasteiger partial charge in [-0.1, -0.05) is 29.8 Å². The second-order valence-corrected chi connectivity index (χ2v) is 6.13. The number of carbonyl (C=O) groups is 2. The maximum absolute atomic E-state index is 12.9. The van der Waals surface area contributed by atoms with Gasteiger partial charge in [0.05, 0.1) is 24.1 Å². The number of halogens is 1. The molecule has 1 aliphatic heterocycles. The van der Waals surface area contributed by atoms with E-state index < -0.39 is 0 Å². The van der Waals surface area contributed by atoms with Gasteiger partial charge in [0, 0.05) is 13.1 Å². The van der Waals surface area contributed by atoms with Gasteiger partial charge in [-0.25, -0.2) is 0 Å². The molecule has 2 aromatic rings. The molecule has 1 amide bonds. The molecule has 0 spiro atoms. The molecule has 0 aliphatic carbocycles. The van der Waals surface area contributed by atoms with Crippen LogP contribution in [0.2, 0.25) is 5.02 Å². The zero-order valence-corrected chi connectivity index (χ0v) is 15.0. The van der Waals surface area contributed by atoms with Crippen LogP contribution >= 0.6 is 11.6 Å². The Morgan fingerprint density at radius 1 is 1.15 bits per heavy atom. The molecule has 0 saturated carbocycles. The number of hydrogen-bond acceptors (Lipinski definition) is 5. The van der Waals surface area contributed by atoms with Crippen LogP contribution in [0.3, 0.4) is 0 Å². The molecule has 26 heavy (non-hydrogen) atoms. The molecule has 0 N–H and O–H groups in total. The van der Waals surface area contributed by atoms with Gasteiger partial charge in [0.1, 0.15) is 0 Å². The lowest BCUT2D eigenvalue weighted by atomic mass is 10.1. The van der Waals surface area contributed by atoms with Crippen molar-refractivity contribution < 1.29 is 23.8 Å². The molecule has 0 saturated heterocycles. The Hall–Kier alpha value is -2.73. The van der Waals surface area contributed by atoms with E-state index in [1.54, 1.807) is 35.2 Å². The average molecular weight is 376 g/mol. The third-order valence-corrected chi connectivity index (χ3v) is 4.34. The fraction of sp³-hybridized carbons (Fsp3) is 0.263. The summed E-state index contributed by atoms with van der Waals surface area (Å²) in [6.07, 6.45) is 0.0945. The lowest BCUT2D eigenvalue weighted by Gasteiger charge is -2.23. The van der Waals surface area contributed by atoms with Gasteiger partial charge >= 0.3 is 5.97 Å². The van der Waals surface area contributed by atoms with Gasteiger partial charge in [0.15, 0.2) is 11.5 Å². The zero-order chi connectivity index (χ0) is 18.5. The third kappa shape index (κ3) is 4.08. The Morgan fingerprint density at radius 3 is 2.69 bits per heavy atom. The Kier molecular flexibility index (Phi) is 5.63. The second kappa shape index (κ2) is 8.10. The van der Waals surface area contributed by atoms with Crippen molar-refractivity contribution in [1.29, 1.82) is 0 Å². The van der Waals surface area contributed by atoms with Crippen LogP contribution in [0.25, 0.3) is 0 Å². The molecule has 3 rings (SSSR count). The average Bonchev–Trinajstić information content (AvgIpc) is 3.12. The van der Waals surface area contributed by atoms with E-state index in [0.29, 0.717) is 28.6 Å². The van der Waals surface area contributed by atoms with Gasteiger partial charge in [0.25, 0.3) is 5.91 Å². The van der Waals surface area contributed by atoms with E-state index in [1.165, 1.54) is 7.11 Å². The number of ether oxygens (including phenoxy) is 3. The van der Waals surface area contributed by atoms with Crippen molar-refractivity contribution in [1.82, 2.24) is 4.90 Å². The van der Waals surface area contributed by atoms with Crippen LogP contribution in [-0.4, -0.2) is 37.2 Å². The molecule has 0 bridgehead atoms. The highest BCUT2D eigenvalue weighted by molar-refractivity contribution is 6.33. The number of esters is 1. The molecule has 136 valence electrons. The molecule has 6 nitrogen and oxygen atoms in total. The molecular weight excluding hydrogens is 358 g/mol. The van der Waals surface area contributed by atoms with Gasteiger partial charge in [0.2, 0.25) is 6.79 Å². The molecule has 0 unspecified atom stereocenters. The number of benzene rings is 2. The van der Waals surface area contributed by atoms with Crippen LogP contribution in [0.4, 0.5) is 0 Å². The quantitative estimate of drug-likeness (QED) is 0.725. The number of rotatable bonds is 6. The van der Waals surface area contributed by atoms with E-state index in [4.69, 9.17) is 21.1 Å². The molecule has 1 aliphatic rings. The minimum atomic E-state index is -0.382. The topological polar surface area (TPSA) is 65.1 Å². The number of hydrogen-bond donors (Lipinski definition) is 0. The van der Waals surface area contributed by atoms with Crippen molar-refractivity contribution in [3.8, 4) is 11.5 Å². The van der Waals surface area contributed by atoms with E-state index in [9.17, 15) is 9.59 Å². The Morgan fingerprint density at radius 2 is 1.92 bits per heavy atom. The summed E-state index contributed by atoms with van der Waals surface area (Å²) in [6.45, 7) is 0.701. The van der Waals surface area contributed by atoms with Crippen LogP contribution in [0.15, 0.2) is 42.5 Å². The fourth-order valence-corrected chi connectivity index (χ4v) is 2.86. The standard InChI is InChI=1S/C19H18ClNO5/c1-24-18(22)8-9-21(19(23)14-4-2-3-5-15(14)20)11-13-6-7-16-17(10-13)26-12-25-16/h2-7,10H,8-9,11-12H2,1H3. The first kappa shape index (κ1) is 18.1. The molecule has 7 heteroatoms. The number of carbonyl (C=O) groups excluding carboxylic acids is 2. The van der Waals surface area contributed by atoms with Crippen LogP contribution in [0, 0.1) is 0 Å². The SMILES string of the molecule is COC(=O)CCN(Cc1ccc2c(c1)OCO2)C(=O)c1ccccc1Cl. The van der Waals surface area contributed by atoms with Crippen LogP contribution in [0.5, 0.6) is 11.5 Å². The minimum Gasteiger partial charge on any atom is -0.469 e. The number of amides is 1. The Bertz CT molecular complexity index is 823. The Balaban J connectivity index is 1.82. The van der Waals surface area contributed by atoms with Crippen LogP contribution in [0.1, 0.15) is 22.3 Å². The first-order chi connectivity index (χ1) is 12.6. The zero-order valence-electron chi connectivity index (χ0n) is 14.2. The van der Waals surface area contributed by atoms with Crippen molar-refractivity contribution in [2.24, 2.45) is 0 Å². The Labute approximate surface area is 156 Å². The smallest absolute Gasteiger partial charge is 0.307 e. The first-order valence-electron chi connectivity index (χ1n) is 8.07. The summed E-state index contributed by atoms with van der Waals surface area (Å²) in [5.41, 5.74) is 1.25. The van der Waals surface area contributed by atoms with E-state index in [0.717, 1.165) is 5.56 Å². The fourth-order valence-electron chi connectivity index (χ4n) is 2.65. The lowest BCUT2D eigenvalue weighted by Crippen LogP contribution is -2.33. The predicted molar refractivity (Wildman–Crippen MR) is 95.4 cm³/mol. The highest BCUT2D eigenvalue weighted by atomic mass is 35.5. The van der Waals surface area contributed by atoms with Crippen molar-refractivity contribution in [2.75, 3.05) is 20.4 Å². The third-order valence-electron chi connectivity index (χ3n) is 4.02. The maximum Gasteiger partial charge on any atom is 0.307 e. The van der Waals surface area contributed by atoms with Crippen LogP contribution in [-0.2, 0) is 16.1 Å². The summed E-state index contributed by atoms with van der Waals surface area (Å²) in [7, 11) is 1.32.